The van der Waals surface area contributed by atoms with E-state index in [1.54, 1.807) is 6.20 Å². The molecule has 0 saturated carbocycles. The van der Waals surface area contributed by atoms with E-state index in [0.717, 1.165) is 16.8 Å². The number of hydrogen-bond donors (Lipinski definition) is 0. The molecule has 1 aliphatic rings. The molecule has 26 heavy (non-hydrogen) atoms. The fourth-order valence-electron chi connectivity index (χ4n) is 3.46. The van der Waals surface area contributed by atoms with Gasteiger partial charge in [-0.05, 0) is 38.0 Å². The van der Waals surface area contributed by atoms with Crippen molar-refractivity contribution in [2.24, 2.45) is 0 Å². The van der Waals surface area contributed by atoms with Crippen LogP contribution in [0.4, 0.5) is 0 Å². The number of carbonyl (C=O) groups is 1. The van der Waals surface area contributed by atoms with Crippen molar-refractivity contribution in [3.05, 3.63) is 71.7 Å². The van der Waals surface area contributed by atoms with Gasteiger partial charge in [-0.25, -0.2) is 4.98 Å². The van der Waals surface area contributed by atoms with Crippen molar-refractivity contribution < 1.29 is 9.53 Å². The maximum atomic E-state index is 13.4. The van der Waals surface area contributed by atoms with E-state index < -0.39 is 0 Å². The number of pyridine rings is 1. The average molecular weight is 349 g/mol. The topological polar surface area (TPSA) is 46.8 Å². The first-order chi connectivity index (χ1) is 12.5. The number of morpholine rings is 1. The Morgan fingerprint density at radius 3 is 2.73 bits per heavy atom. The lowest BCUT2D eigenvalue weighted by molar-refractivity contribution is -0.0848. The maximum Gasteiger partial charge on any atom is 0.273 e. The van der Waals surface area contributed by atoms with E-state index in [4.69, 9.17) is 4.74 Å². The SMILES string of the molecule is Cc1ccc2ncc(C(=O)N3C[C@@H](c4ccccc4)OCC3(C)C)n2c1. The van der Waals surface area contributed by atoms with E-state index in [2.05, 4.69) is 4.98 Å². The molecule has 5 nitrogen and oxygen atoms in total. The summed E-state index contributed by atoms with van der Waals surface area (Å²) in [6, 6.07) is 14.0. The lowest BCUT2D eigenvalue weighted by atomic mass is 9.97. The summed E-state index contributed by atoms with van der Waals surface area (Å²) >= 11 is 0. The zero-order valence-electron chi connectivity index (χ0n) is 15.3. The van der Waals surface area contributed by atoms with Gasteiger partial charge in [0.25, 0.3) is 5.91 Å². The highest BCUT2D eigenvalue weighted by Gasteiger charge is 2.39. The highest BCUT2D eigenvalue weighted by molar-refractivity contribution is 5.94. The lowest BCUT2D eigenvalue weighted by Gasteiger charge is -2.45. The Labute approximate surface area is 153 Å². The predicted octanol–water partition coefficient (Wildman–Crippen LogP) is 3.64. The van der Waals surface area contributed by atoms with Crippen LogP contribution in [-0.2, 0) is 4.74 Å². The molecule has 1 aromatic carbocycles. The molecule has 0 radical (unpaired) electrons. The number of imidazole rings is 1. The molecule has 1 fully saturated rings. The van der Waals surface area contributed by atoms with Crippen LogP contribution in [0.5, 0.6) is 0 Å². The van der Waals surface area contributed by atoms with E-state index in [9.17, 15) is 4.79 Å². The van der Waals surface area contributed by atoms with Gasteiger partial charge >= 0.3 is 0 Å². The Kier molecular flexibility index (Phi) is 4.04. The molecule has 3 heterocycles. The van der Waals surface area contributed by atoms with E-state index >= 15 is 0 Å². The van der Waals surface area contributed by atoms with Gasteiger partial charge in [0.05, 0.1) is 24.9 Å². The van der Waals surface area contributed by atoms with Crippen molar-refractivity contribution in [1.82, 2.24) is 14.3 Å². The summed E-state index contributed by atoms with van der Waals surface area (Å²) in [5.41, 5.74) is 3.17. The zero-order chi connectivity index (χ0) is 18.3. The smallest absolute Gasteiger partial charge is 0.273 e. The highest BCUT2D eigenvalue weighted by Crippen LogP contribution is 2.31. The minimum absolute atomic E-state index is 0.0164. The summed E-state index contributed by atoms with van der Waals surface area (Å²) in [6.45, 7) is 7.11. The first kappa shape index (κ1) is 16.8. The molecule has 3 aromatic rings. The van der Waals surface area contributed by atoms with Crippen LogP contribution in [-0.4, -0.2) is 38.9 Å². The highest BCUT2D eigenvalue weighted by atomic mass is 16.5. The fraction of sp³-hybridized carbons (Fsp3) is 0.333. The van der Waals surface area contributed by atoms with Gasteiger partial charge in [0.1, 0.15) is 17.4 Å². The first-order valence-electron chi connectivity index (χ1n) is 8.88. The average Bonchev–Trinajstić information content (AvgIpc) is 3.04. The minimum atomic E-state index is -0.379. The normalized spacial score (nSPS) is 19.7. The molecule has 2 aromatic heterocycles. The molecule has 0 N–H and O–H groups in total. The van der Waals surface area contributed by atoms with Crippen molar-refractivity contribution in [3.8, 4) is 0 Å². The number of fused-ring (bicyclic) bond motifs is 1. The summed E-state index contributed by atoms with van der Waals surface area (Å²) in [5.74, 6) is -0.0164. The van der Waals surface area contributed by atoms with Gasteiger partial charge in [0.15, 0.2) is 0 Å². The van der Waals surface area contributed by atoms with E-state index in [1.165, 1.54) is 0 Å². The molecule has 4 rings (SSSR count). The molecule has 1 atom stereocenters. The third kappa shape index (κ3) is 2.88. The van der Waals surface area contributed by atoms with Gasteiger partial charge in [-0.3, -0.25) is 9.20 Å². The van der Waals surface area contributed by atoms with Gasteiger partial charge in [-0.1, -0.05) is 36.4 Å². The number of carbonyl (C=O) groups excluding carboxylic acids is 1. The number of benzene rings is 1. The maximum absolute atomic E-state index is 13.4. The number of aryl methyl sites for hydroxylation is 1. The fourth-order valence-corrected chi connectivity index (χ4v) is 3.46. The Balaban J connectivity index is 1.69. The Morgan fingerprint density at radius 2 is 1.96 bits per heavy atom. The Hall–Kier alpha value is -2.66. The van der Waals surface area contributed by atoms with Gasteiger partial charge in [-0.15, -0.1) is 0 Å². The van der Waals surface area contributed by atoms with Crippen molar-refractivity contribution in [2.75, 3.05) is 13.2 Å². The lowest BCUT2D eigenvalue weighted by Crippen LogP contribution is -2.56. The Bertz CT molecular complexity index is 946. The molecule has 1 saturated heterocycles. The first-order valence-corrected chi connectivity index (χ1v) is 8.88. The standard InChI is InChI=1S/C21H23N3O2/c1-15-9-10-19-22-11-17(23(19)12-15)20(25)24-13-18(26-14-21(24,2)3)16-7-5-4-6-8-16/h4-12,18H,13-14H2,1-3H3/t18-/m0/s1. The number of ether oxygens (including phenoxy) is 1. The molecule has 0 bridgehead atoms. The molecule has 1 amide bonds. The quantitative estimate of drug-likeness (QED) is 0.710. The second-order valence-electron chi connectivity index (χ2n) is 7.52. The summed E-state index contributed by atoms with van der Waals surface area (Å²) in [7, 11) is 0. The molecule has 0 spiro atoms. The van der Waals surface area contributed by atoms with Gasteiger partial charge in [0, 0.05) is 6.20 Å². The van der Waals surface area contributed by atoms with Crippen molar-refractivity contribution >= 4 is 11.6 Å². The number of aromatic nitrogens is 2. The molecule has 0 unspecified atom stereocenters. The van der Waals surface area contributed by atoms with Gasteiger partial charge in [-0.2, -0.15) is 0 Å². The van der Waals surface area contributed by atoms with Crippen molar-refractivity contribution in [1.29, 1.82) is 0 Å². The largest absolute Gasteiger partial charge is 0.369 e. The van der Waals surface area contributed by atoms with Crippen LogP contribution in [0.15, 0.2) is 54.9 Å². The third-order valence-corrected chi connectivity index (χ3v) is 5.01. The van der Waals surface area contributed by atoms with E-state index in [1.807, 2.05) is 78.7 Å². The minimum Gasteiger partial charge on any atom is -0.369 e. The van der Waals surface area contributed by atoms with Crippen LogP contribution in [0.3, 0.4) is 0 Å². The summed E-state index contributed by atoms with van der Waals surface area (Å²) in [4.78, 5) is 19.7. The van der Waals surface area contributed by atoms with Crippen molar-refractivity contribution in [2.45, 2.75) is 32.4 Å². The van der Waals surface area contributed by atoms with Crippen molar-refractivity contribution in [3.63, 3.8) is 0 Å². The van der Waals surface area contributed by atoms with Crippen LogP contribution in [0.1, 0.15) is 41.6 Å². The van der Waals surface area contributed by atoms with Gasteiger partial charge in [0.2, 0.25) is 0 Å². The second kappa shape index (κ2) is 6.25. The molecular weight excluding hydrogens is 326 g/mol. The van der Waals surface area contributed by atoms with Gasteiger partial charge < -0.3 is 9.64 Å². The molecule has 0 aliphatic carbocycles. The summed E-state index contributed by atoms with van der Waals surface area (Å²) in [5, 5.41) is 0. The number of nitrogens with zero attached hydrogens (tertiary/aromatic N) is 3. The van der Waals surface area contributed by atoms with Crippen LogP contribution in [0.25, 0.3) is 5.65 Å². The number of amides is 1. The zero-order valence-corrected chi connectivity index (χ0v) is 15.3. The van der Waals surface area contributed by atoms with Crippen LogP contribution in [0, 0.1) is 6.92 Å². The molecule has 134 valence electrons. The number of rotatable bonds is 2. The third-order valence-electron chi connectivity index (χ3n) is 5.01. The monoisotopic (exact) mass is 349 g/mol. The summed E-state index contributed by atoms with van der Waals surface area (Å²) in [6.07, 6.45) is 3.51. The van der Waals surface area contributed by atoms with Crippen LogP contribution >= 0.6 is 0 Å². The van der Waals surface area contributed by atoms with E-state index in [-0.39, 0.29) is 17.6 Å². The van der Waals surface area contributed by atoms with E-state index in [0.29, 0.717) is 18.8 Å². The summed E-state index contributed by atoms with van der Waals surface area (Å²) < 4.78 is 7.94. The second-order valence-corrected chi connectivity index (χ2v) is 7.52. The predicted molar refractivity (Wildman–Crippen MR) is 100 cm³/mol. The molecular formula is C21H23N3O2. The number of hydrogen-bond acceptors (Lipinski definition) is 3. The molecule has 1 aliphatic heterocycles. The molecule has 5 heteroatoms. The van der Waals surface area contributed by atoms with Crippen LogP contribution < -0.4 is 0 Å². The Morgan fingerprint density at radius 1 is 1.19 bits per heavy atom. The van der Waals surface area contributed by atoms with Crippen LogP contribution in [0.2, 0.25) is 0 Å².